The molecule has 0 heterocycles. The SMILES string of the molecule is CC(C)(C)OC(=O)NCC(=O)O.CC(C)N(C(=O)CN)C(C)C. The van der Waals surface area contributed by atoms with Crippen molar-refractivity contribution in [3.63, 3.8) is 0 Å². The van der Waals surface area contributed by atoms with Crippen LogP contribution in [0.3, 0.4) is 0 Å². The van der Waals surface area contributed by atoms with Gasteiger partial charge in [0, 0.05) is 12.1 Å². The first-order valence-electron chi connectivity index (χ1n) is 7.51. The van der Waals surface area contributed by atoms with Crippen molar-refractivity contribution in [2.24, 2.45) is 5.73 Å². The number of carboxylic acids is 1. The number of alkyl carbamates (subject to hydrolysis) is 1. The fraction of sp³-hybridized carbons (Fsp3) is 0.800. The first-order valence-corrected chi connectivity index (χ1v) is 7.51. The lowest BCUT2D eigenvalue weighted by Gasteiger charge is -2.30. The molecule has 4 N–H and O–H groups in total. The van der Waals surface area contributed by atoms with Crippen LogP contribution in [0.25, 0.3) is 0 Å². The van der Waals surface area contributed by atoms with Gasteiger partial charge in [0.25, 0.3) is 0 Å². The van der Waals surface area contributed by atoms with Crippen molar-refractivity contribution in [1.29, 1.82) is 0 Å². The standard InChI is InChI=1S/C8H18N2O.C7H13NO4/c1-6(2)10(7(3)4)8(11)5-9;1-7(2,3)12-6(11)8-4-5(9)10/h6-7H,5,9H2,1-4H3;4H2,1-3H3,(H,8,11)(H,9,10). The molecular weight excluding hydrogens is 302 g/mol. The second-order valence-electron chi connectivity index (χ2n) is 6.44. The summed E-state index contributed by atoms with van der Waals surface area (Å²) in [7, 11) is 0. The molecule has 0 spiro atoms. The lowest BCUT2D eigenvalue weighted by molar-refractivity contribution is -0.136. The zero-order valence-electron chi connectivity index (χ0n) is 15.2. The molecule has 0 aromatic rings. The lowest BCUT2D eigenvalue weighted by Crippen LogP contribution is -2.45. The number of carbonyl (C=O) groups is 3. The van der Waals surface area contributed by atoms with Gasteiger partial charge in [-0.05, 0) is 48.5 Å². The van der Waals surface area contributed by atoms with Gasteiger partial charge in [-0.3, -0.25) is 9.59 Å². The van der Waals surface area contributed by atoms with Gasteiger partial charge in [-0.1, -0.05) is 0 Å². The van der Waals surface area contributed by atoms with Gasteiger partial charge in [-0.2, -0.15) is 0 Å². The normalized spacial score (nSPS) is 10.7. The Morgan fingerprint density at radius 2 is 1.57 bits per heavy atom. The highest BCUT2D eigenvalue weighted by atomic mass is 16.6. The Labute approximate surface area is 138 Å². The molecule has 0 aliphatic rings. The largest absolute Gasteiger partial charge is 0.480 e. The Kier molecular flexibility index (Phi) is 11.0. The number of nitrogens with zero attached hydrogens (tertiary/aromatic N) is 1. The van der Waals surface area contributed by atoms with Gasteiger partial charge in [0.05, 0.1) is 6.54 Å². The predicted octanol–water partition coefficient (Wildman–Crippen LogP) is 1.19. The van der Waals surface area contributed by atoms with E-state index >= 15 is 0 Å². The van der Waals surface area contributed by atoms with Gasteiger partial charge < -0.3 is 25.8 Å². The summed E-state index contributed by atoms with van der Waals surface area (Å²) in [5, 5.41) is 10.3. The Morgan fingerprint density at radius 1 is 1.13 bits per heavy atom. The Morgan fingerprint density at radius 3 is 1.78 bits per heavy atom. The van der Waals surface area contributed by atoms with Crippen LogP contribution in [0.15, 0.2) is 0 Å². The van der Waals surface area contributed by atoms with Crippen LogP contribution < -0.4 is 11.1 Å². The summed E-state index contributed by atoms with van der Waals surface area (Å²) < 4.78 is 4.77. The number of amides is 2. The van der Waals surface area contributed by atoms with Crippen LogP contribution in [0.1, 0.15) is 48.5 Å². The fourth-order valence-corrected chi connectivity index (χ4v) is 1.74. The molecule has 0 rings (SSSR count). The number of nitrogens with one attached hydrogen (secondary N) is 1. The smallest absolute Gasteiger partial charge is 0.408 e. The van der Waals surface area contributed by atoms with Crippen molar-refractivity contribution in [1.82, 2.24) is 10.2 Å². The molecule has 0 bridgehead atoms. The molecule has 8 heteroatoms. The minimum Gasteiger partial charge on any atom is -0.480 e. The van der Waals surface area contributed by atoms with Gasteiger partial charge in [0.1, 0.15) is 12.1 Å². The van der Waals surface area contributed by atoms with E-state index in [0.717, 1.165) is 0 Å². The number of rotatable bonds is 5. The van der Waals surface area contributed by atoms with Crippen molar-refractivity contribution in [3.05, 3.63) is 0 Å². The number of aliphatic carboxylic acids is 1. The Hall–Kier alpha value is -1.83. The van der Waals surface area contributed by atoms with E-state index in [1.54, 1.807) is 25.7 Å². The fourth-order valence-electron chi connectivity index (χ4n) is 1.74. The highest BCUT2D eigenvalue weighted by Crippen LogP contribution is 2.06. The van der Waals surface area contributed by atoms with E-state index in [4.69, 9.17) is 15.6 Å². The number of nitrogens with two attached hydrogens (primary N) is 1. The third kappa shape index (κ3) is 13.5. The van der Waals surface area contributed by atoms with E-state index in [1.807, 2.05) is 27.7 Å². The van der Waals surface area contributed by atoms with E-state index in [0.29, 0.717) is 0 Å². The number of carboxylic acid groups (broad SMARTS) is 1. The van der Waals surface area contributed by atoms with E-state index in [-0.39, 0.29) is 24.5 Å². The molecule has 0 fully saturated rings. The second-order valence-corrected chi connectivity index (χ2v) is 6.44. The van der Waals surface area contributed by atoms with Crippen LogP contribution >= 0.6 is 0 Å². The maximum atomic E-state index is 11.2. The molecule has 0 atom stereocenters. The van der Waals surface area contributed by atoms with Gasteiger partial charge in [0.15, 0.2) is 0 Å². The van der Waals surface area contributed by atoms with Crippen molar-refractivity contribution in [2.45, 2.75) is 66.2 Å². The molecule has 0 radical (unpaired) electrons. The van der Waals surface area contributed by atoms with E-state index in [9.17, 15) is 14.4 Å². The van der Waals surface area contributed by atoms with Crippen molar-refractivity contribution in [2.75, 3.05) is 13.1 Å². The van der Waals surface area contributed by atoms with Crippen molar-refractivity contribution >= 4 is 18.0 Å². The van der Waals surface area contributed by atoms with Gasteiger partial charge in [-0.25, -0.2) is 4.79 Å². The van der Waals surface area contributed by atoms with Crippen LogP contribution in [0.5, 0.6) is 0 Å². The molecule has 136 valence electrons. The first-order chi connectivity index (χ1) is 10.3. The summed E-state index contributed by atoms with van der Waals surface area (Å²) in [6.45, 7) is 12.8. The van der Waals surface area contributed by atoms with Crippen molar-refractivity contribution in [3.8, 4) is 0 Å². The third-order valence-corrected chi connectivity index (χ3v) is 2.36. The topological polar surface area (TPSA) is 122 Å². The van der Waals surface area contributed by atoms with Crippen LogP contribution in [0, 0.1) is 0 Å². The molecule has 8 nitrogen and oxygen atoms in total. The van der Waals surface area contributed by atoms with Crippen LogP contribution in [-0.4, -0.2) is 58.8 Å². The molecule has 0 aliphatic carbocycles. The van der Waals surface area contributed by atoms with Crippen LogP contribution in [0.4, 0.5) is 4.79 Å². The summed E-state index contributed by atoms with van der Waals surface area (Å²) in [5.74, 6) is -1.07. The Bertz CT molecular complexity index is 381. The van der Waals surface area contributed by atoms with Gasteiger partial charge in [0.2, 0.25) is 5.91 Å². The zero-order chi connectivity index (χ0) is 18.8. The quantitative estimate of drug-likeness (QED) is 0.694. The lowest BCUT2D eigenvalue weighted by atomic mass is 10.2. The number of hydrogen-bond donors (Lipinski definition) is 3. The third-order valence-electron chi connectivity index (χ3n) is 2.36. The van der Waals surface area contributed by atoms with Crippen LogP contribution in [0.2, 0.25) is 0 Å². The Balaban J connectivity index is 0. The molecule has 23 heavy (non-hydrogen) atoms. The monoisotopic (exact) mass is 333 g/mol. The molecular formula is C15H31N3O5. The number of ether oxygens (including phenoxy) is 1. The maximum absolute atomic E-state index is 11.2. The molecule has 0 aromatic carbocycles. The van der Waals surface area contributed by atoms with Gasteiger partial charge in [-0.15, -0.1) is 0 Å². The average molecular weight is 333 g/mol. The molecule has 0 aromatic heterocycles. The molecule has 0 saturated carbocycles. The summed E-state index contributed by atoms with van der Waals surface area (Å²) >= 11 is 0. The molecule has 0 saturated heterocycles. The summed E-state index contributed by atoms with van der Waals surface area (Å²) in [4.78, 5) is 33.8. The molecule has 0 unspecified atom stereocenters. The summed E-state index contributed by atoms with van der Waals surface area (Å²) in [6, 6.07) is 0.483. The van der Waals surface area contributed by atoms with Crippen LogP contribution in [-0.2, 0) is 14.3 Å². The molecule has 2 amide bonds. The number of hydrogen-bond acceptors (Lipinski definition) is 5. The zero-order valence-corrected chi connectivity index (χ0v) is 15.2. The summed E-state index contributed by atoms with van der Waals surface area (Å²) in [6.07, 6.45) is -0.718. The van der Waals surface area contributed by atoms with Crippen molar-refractivity contribution < 1.29 is 24.2 Å². The maximum Gasteiger partial charge on any atom is 0.408 e. The highest BCUT2D eigenvalue weighted by Gasteiger charge is 2.18. The highest BCUT2D eigenvalue weighted by molar-refractivity contribution is 5.78. The minimum absolute atomic E-state index is 0.0231. The van der Waals surface area contributed by atoms with Gasteiger partial charge >= 0.3 is 12.1 Å². The van der Waals surface area contributed by atoms with E-state index < -0.39 is 24.2 Å². The molecule has 0 aliphatic heterocycles. The minimum atomic E-state index is -1.10. The number of carbonyl (C=O) groups excluding carboxylic acids is 2. The first kappa shape index (κ1) is 23.4. The van der Waals surface area contributed by atoms with E-state index in [2.05, 4.69) is 5.32 Å². The second kappa shape index (κ2) is 10.8. The average Bonchev–Trinajstić information content (AvgIpc) is 2.34. The van der Waals surface area contributed by atoms with E-state index in [1.165, 1.54) is 0 Å². The predicted molar refractivity (Wildman–Crippen MR) is 88.0 cm³/mol. The summed E-state index contributed by atoms with van der Waals surface area (Å²) in [5.41, 5.74) is 4.66.